The van der Waals surface area contributed by atoms with E-state index in [2.05, 4.69) is 59.5 Å². The van der Waals surface area contributed by atoms with Gasteiger partial charge in [0.2, 0.25) is 0 Å². The minimum atomic E-state index is 0.298. The summed E-state index contributed by atoms with van der Waals surface area (Å²) in [5.74, 6) is 0.674. The molecule has 4 nitrogen and oxygen atoms in total. The molecule has 0 saturated carbocycles. The number of rotatable bonds is 4. The number of amides is 1. The number of benzene rings is 2. The molecule has 1 N–H and O–H groups in total. The third-order valence-electron chi connectivity index (χ3n) is 6.36. The third-order valence-corrected chi connectivity index (χ3v) is 7.56. The molecule has 0 radical (unpaired) electrons. The number of para-hydroxylation sites is 1. The molecule has 2 aliphatic rings. The molecule has 3 heterocycles. The van der Waals surface area contributed by atoms with Crippen LogP contribution in [0.5, 0.6) is 0 Å². The van der Waals surface area contributed by atoms with E-state index in [0.29, 0.717) is 18.4 Å². The van der Waals surface area contributed by atoms with Gasteiger partial charge in [0.15, 0.2) is 6.54 Å². The summed E-state index contributed by atoms with van der Waals surface area (Å²) in [6.45, 7) is 4.27. The maximum Gasteiger partial charge on any atom is 0.277 e. The van der Waals surface area contributed by atoms with Gasteiger partial charge in [-0.15, -0.1) is 11.3 Å². The number of thiazole rings is 1. The summed E-state index contributed by atoms with van der Waals surface area (Å²) in [6, 6.07) is 18.9. The summed E-state index contributed by atoms with van der Waals surface area (Å²) < 4.78 is 1.25. The molecule has 0 aliphatic carbocycles. The first-order chi connectivity index (χ1) is 14.8. The molecular weight excluding hydrogens is 390 g/mol. The molecule has 1 amide bonds. The zero-order valence-electron chi connectivity index (χ0n) is 17.2. The molecule has 30 heavy (non-hydrogen) atoms. The van der Waals surface area contributed by atoms with Crippen LogP contribution in [0.2, 0.25) is 0 Å². The first-order valence-electron chi connectivity index (χ1n) is 11.0. The fourth-order valence-corrected chi connectivity index (χ4v) is 5.75. The van der Waals surface area contributed by atoms with Crippen LogP contribution in [0.3, 0.4) is 0 Å². The molecule has 1 aromatic heterocycles. The number of carbonyl (C=O) groups is 1. The Bertz CT molecular complexity index is 1030. The van der Waals surface area contributed by atoms with Gasteiger partial charge >= 0.3 is 0 Å². The van der Waals surface area contributed by atoms with Crippen molar-refractivity contribution in [3.63, 3.8) is 0 Å². The number of quaternary nitrogens is 1. The number of piperidine rings is 1. The van der Waals surface area contributed by atoms with Crippen LogP contribution in [0.15, 0.2) is 60.7 Å². The molecule has 2 aromatic carbocycles. The van der Waals surface area contributed by atoms with Crippen LogP contribution >= 0.6 is 11.3 Å². The van der Waals surface area contributed by atoms with Crippen molar-refractivity contribution in [2.75, 3.05) is 32.7 Å². The lowest BCUT2D eigenvalue weighted by Crippen LogP contribution is -3.13. The predicted molar refractivity (Wildman–Crippen MR) is 123 cm³/mol. The van der Waals surface area contributed by atoms with Crippen LogP contribution < -0.4 is 4.90 Å². The Morgan fingerprint density at radius 3 is 2.77 bits per heavy atom. The average Bonchev–Trinajstić information content (AvgIpc) is 3.25. The molecule has 154 valence electrons. The highest BCUT2D eigenvalue weighted by molar-refractivity contribution is 7.18. The maximum absolute atomic E-state index is 13.0. The molecule has 1 saturated heterocycles. The molecule has 3 aromatic rings. The fourth-order valence-electron chi connectivity index (χ4n) is 4.65. The minimum Gasteiger partial charge on any atom is -0.337 e. The van der Waals surface area contributed by atoms with Crippen LogP contribution in [0.4, 0.5) is 0 Å². The van der Waals surface area contributed by atoms with Crippen molar-refractivity contribution in [3.05, 3.63) is 71.2 Å². The Morgan fingerprint density at radius 1 is 1.13 bits per heavy atom. The van der Waals surface area contributed by atoms with Crippen molar-refractivity contribution in [1.29, 1.82) is 0 Å². The van der Waals surface area contributed by atoms with Crippen LogP contribution in [0.1, 0.15) is 35.8 Å². The van der Waals surface area contributed by atoms with E-state index in [1.807, 2.05) is 6.07 Å². The topological polar surface area (TPSA) is 37.6 Å². The van der Waals surface area contributed by atoms with E-state index in [9.17, 15) is 4.79 Å². The van der Waals surface area contributed by atoms with Gasteiger partial charge in [0.1, 0.15) is 0 Å². The van der Waals surface area contributed by atoms with Gasteiger partial charge in [-0.3, -0.25) is 4.79 Å². The van der Waals surface area contributed by atoms with Crippen LogP contribution in [-0.4, -0.2) is 48.5 Å². The maximum atomic E-state index is 13.0. The van der Waals surface area contributed by atoms with Gasteiger partial charge in [-0.1, -0.05) is 42.5 Å². The smallest absolute Gasteiger partial charge is 0.277 e. The Labute approximate surface area is 181 Å². The molecule has 1 unspecified atom stereocenters. The summed E-state index contributed by atoms with van der Waals surface area (Å²) in [5.41, 5.74) is 3.82. The molecule has 0 spiro atoms. The average molecular weight is 419 g/mol. The van der Waals surface area contributed by atoms with E-state index in [4.69, 9.17) is 4.98 Å². The number of nitrogens with one attached hydrogen (secondary N) is 1. The first kappa shape index (κ1) is 19.5. The number of likely N-dealkylation sites (tertiary alicyclic amines) is 1. The van der Waals surface area contributed by atoms with Crippen LogP contribution in [0.25, 0.3) is 15.8 Å². The van der Waals surface area contributed by atoms with Crippen molar-refractivity contribution in [2.45, 2.75) is 25.2 Å². The monoisotopic (exact) mass is 418 g/mol. The van der Waals surface area contributed by atoms with Gasteiger partial charge in [-0.25, -0.2) is 4.98 Å². The zero-order valence-corrected chi connectivity index (χ0v) is 18.0. The lowest BCUT2D eigenvalue weighted by molar-refractivity contribution is -0.887. The molecule has 5 heteroatoms. The number of aromatic nitrogens is 1. The summed E-state index contributed by atoms with van der Waals surface area (Å²) in [6.07, 6.45) is 5.56. The zero-order chi connectivity index (χ0) is 20.3. The van der Waals surface area contributed by atoms with E-state index in [1.165, 1.54) is 25.7 Å². The second-order valence-corrected chi connectivity index (χ2v) is 9.49. The first-order valence-corrected chi connectivity index (χ1v) is 11.8. The van der Waals surface area contributed by atoms with Crippen LogP contribution in [0, 0.1) is 0 Å². The molecule has 2 aliphatic heterocycles. The molecule has 5 rings (SSSR count). The minimum absolute atomic E-state index is 0.298. The molecule has 2 atom stereocenters. The fraction of sp³-hybridized carbons (Fsp3) is 0.360. The molecule has 1 fully saturated rings. The predicted octanol–water partition coefficient (Wildman–Crippen LogP) is 3.37. The number of nitrogens with zero attached hydrogens (tertiary/aromatic N) is 2. The summed E-state index contributed by atoms with van der Waals surface area (Å²) in [4.78, 5) is 21.3. The highest BCUT2D eigenvalue weighted by Gasteiger charge is 2.29. The Morgan fingerprint density at radius 2 is 1.97 bits per heavy atom. The summed E-state index contributed by atoms with van der Waals surface area (Å²) in [5, 5.41) is 1.19. The van der Waals surface area contributed by atoms with Crippen LogP contribution in [-0.2, 0) is 4.79 Å². The highest BCUT2D eigenvalue weighted by Crippen LogP contribution is 2.32. The Kier molecular flexibility index (Phi) is 5.65. The largest absolute Gasteiger partial charge is 0.337 e. The number of hydrogen-bond acceptors (Lipinski definition) is 3. The normalized spacial score (nSPS) is 22.1. The molecular formula is C25H28N3OS+. The highest BCUT2D eigenvalue weighted by atomic mass is 32.1. The lowest BCUT2D eigenvalue weighted by Gasteiger charge is -2.33. The van der Waals surface area contributed by atoms with Gasteiger partial charge in [0.05, 0.1) is 28.3 Å². The summed E-state index contributed by atoms with van der Waals surface area (Å²) >= 11 is 1.79. The summed E-state index contributed by atoms with van der Waals surface area (Å²) in [7, 11) is 0. The van der Waals surface area contributed by atoms with E-state index in [0.717, 1.165) is 51.0 Å². The van der Waals surface area contributed by atoms with Gasteiger partial charge in [-0.2, -0.15) is 0 Å². The number of fused-ring (bicyclic) bond motifs is 1. The van der Waals surface area contributed by atoms with Gasteiger partial charge in [-0.05, 0) is 42.2 Å². The van der Waals surface area contributed by atoms with Gasteiger partial charge in [0.25, 0.3) is 5.91 Å². The van der Waals surface area contributed by atoms with Crippen molar-refractivity contribution in [1.82, 2.24) is 9.88 Å². The second kappa shape index (κ2) is 8.70. The Hall–Kier alpha value is -2.50. The standard InChI is InChI=1S/C25H27N3OS/c29-24(18-27-15-12-20(13-16-27)19-7-2-1-3-8-19)28-14-6-9-21(17-28)25-26-22-10-4-5-11-23(22)30-25/h1-5,7-8,10-12,21H,6,9,13-18H2/p+1/t21-/m0/s1. The number of carbonyl (C=O) groups excluding carboxylic acids is 1. The molecule has 0 bridgehead atoms. The van der Waals surface area contributed by atoms with E-state index >= 15 is 0 Å². The Balaban J connectivity index is 1.20. The number of hydrogen-bond donors (Lipinski definition) is 1. The van der Waals surface area contributed by atoms with Gasteiger partial charge < -0.3 is 9.80 Å². The van der Waals surface area contributed by atoms with Crippen molar-refractivity contribution in [2.24, 2.45) is 0 Å². The van der Waals surface area contributed by atoms with E-state index in [1.54, 1.807) is 11.3 Å². The van der Waals surface area contributed by atoms with Crippen molar-refractivity contribution < 1.29 is 9.69 Å². The van der Waals surface area contributed by atoms with Gasteiger partial charge in [0, 0.05) is 25.4 Å². The van der Waals surface area contributed by atoms with E-state index < -0.39 is 0 Å². The third kappa shape index (κ3) is 4.18. The second-order valence-electron chi connectivity index (χ2n) is 8.43. The quantitative estimate of drug-likeness (QED) is 0.705. The lowest BCUT2D eigenvalue weighted by atomic mass is 9.98. The van der Waals surface area contributed by atoms with E-state index in [-0.39, 0.29) is 0 Å². The van der Waals surface area contributed by atoms with Crippen molar-refractivity contribution in [3.8, 4) is 0 Å². The van der Waals surface area contributed by atoms with Crippen molar-refractivity contribution >= 4 is 33.0 Å². The SMILES string of the molecule is O=C(C[NH+]1CC=C(c2ccccc2)CC1)N1CCC[C@H](c2nc3ccccc3s2)C1.